The predicted molar refractivity (Wildman–Crippen MR) is 63.3 cm³/mol. The van der Waals surface area contributed by atoms with E-state index in [4.69, 9.17) is 10.5 Å². The van der Waals surface area contributed by atoms with Crippen LogP contribution in [-0.4, -0.2) is 23.9 Å². The van der Waals surface area contributed by atoms with Crippen LogP contribution < -0.4 is 10.5 Å². The maximum Gasteiger partial charge on any atom is 0.127 e. The Kier molecular flexibility index (Phi) is 3.39. The predicted octanol–water partition coefficient (Wildman–Crippen LogP) is 1.73. The van der Waals surface area contributed by atoms with Crippen LogP contribution in [0.15, 0.2) is 24.4 Å². The number of aromatic nitrogens is 2. The second kappa shape index (κ2) is 4.97. The van der Waals surface area contributed by atoms with Gasteiger partial charge in [0.15, 0.2) is 0 Å². The lowest BCUT2D eigenvalue weighted by atomic mass is 10.0. The molecule has 1 aromatic heterocycles. The molecule has 3 N–H and O–H groups in total. The summed E-state index contributed by atoms with van der Waals surface area (Å²) in [5.74, 6) is 0.312. The lowest BCUT2D eigenvalue weighted by molar-refractivity contribution is 0.415. The van der Waals surface area contributed by atoms with Gasteiger partial charge in [0.2, 0.25) is 0 Å². The van der Waals surface area contributed by atoms with E-state index >= 15 is 0 Å². The SMILES string of the molecule is COc1ccc(F)cc1-c1cn[nH]c1CCN. The number of nitrogens with zero attached hydrogens (tertiary/aromatic N) is 1. The van der Waals surface area contributed by atoms with Gasteiger partial charge < -0.3 is 10.5 Å². The number of H-pyrrole nitrogens is 1. The van der Waals surface area contributed by atoms with Crippen molar-refractivity contribution in [2.24, 2.45) is 5.73 Å². The Hall–Kier alpha value is -1.88. The molecule has 0 saturated carbocycles. The van der Waals surface area contributed by atoms with E-state index in [1.54, 1.807) is 19.4 Å². The summed E-state index contributed by atoms with van der Waals surface area (Å²) in [6.45, 7) is 0.507. The van der Waals surface area contributed by atoms with Crippen molar-refractivity contribution in [1.82, 2.24) is 10.2 Å². The fourth-order valence-electron chi connectivity index (χ4n) is 1.77. The first-order chi connectivity index (χ1) is 8.26. The van der Waals surface area contributed by atoms with Crippen molar-refractivity contribution in [3.63, 3.8) is 0 Å². The van der Waals surface area contributed by atoms with Crippen LogP contribution in [0, 0.1) is 5.82 Å². The molecule has 0 radical (unpaired) electrons. The van der Waals surface area contributed by atoms with Gasteiger partial charge in [-0.2, -0.15) is 5.10 Å². The minimum absolute atomic E-state index is 0.305. The van der Waals surface area contributed by atoms with Gasteiger partial charge >= 0.3 is 0 Å². The summed E-state index contributed by atoms with van der Waals surface area (Å²) in [6.07, 6.45) is 2.32. The number of benzene rings is 1. The van der Waals surface area contributed by atoms with Crippen LogP contribution in [0.2, 0.25) is 0 Å². The van der Waals surface area contributed by atoms with E-state index in [-0.39, 0.29) is 5.82 Å². The average Bonchev–Trinajstić information content (AvgIpc) is 2.77. The fraction of sp³-hybridized carbons (Fsp3) is 0.250. The Morgan fingerprint density at radius 3 is 2.94 bits per heavy atom. The number of rotatable bonds is 4. The summed E-state index contributed by atoms with van der Waals surface area (Å²) in [4.78, 5) is 0. The molecule has 0 fully saturated rings. The van der Waals surface area contributed by atoms with Gasteiger partial charge in [-0.1, -0.05) is 0 Å². The third-order valence-electron chi connectivity index (χ3n) is 2.56. The van der Waals surface area contributed by atoms with E-state index < -0.39 is 0 Å². The van der Waals surface area contributed by atoms with Crippen LogP contribution in [0.1, 0.15) is 5.69 Å². The average molecular weight is 235 g/mol. The van der Waals surface area contributed by atoms with Crippen LogP contribution >= 0.6 is 0 Å². The number of methoxy groups -OCH3 is 1. The molecule has 0 aliphatic heterocycles. The molecular weight excluding hydrogens is 221 g/mol. The summed E-state index contributed by atoms with van der Waals surface area (Å²) in [6, 6.07) is 4.40. The summed E-state index contributed by atoms with van der Waals surface area (Å²) < 4.78 is 18.5. The zero-order chi connectivity index (χ0) is 12.3. The third-order valence-corrected chi connectivity index (χ3v) is 2.56. The number of hydrogen-bond acceptors (Lipinski definition) is 3. The van der Waals surface area contributed by atoms with E-state index in [1.807, 2.05) is 0 Å². The highest BCUT2D eigenvalue weighted by Crippen LogP contribution is 2.32. The molecule has 0 bridgehead atoms. The second-order valence-electron chi connectivity index (χ2n) is 3.65. The van der Waals surface area contributed by atoms with Crippen molar-refractivity contribution in [1.29, 1.82) is 0 Å². The maximum absolute atomic E-state index is 13.3. The highest BCUT2D eigenvalue weighted by Gasteiger charge is 2.12. The molecule has 0 aliphatic carbocycles. The van der Waals surface area contributed by atoms with E-state index in [9.17, 15) is 4.39 Å². The fourth-order valence-corrected chi connectivity index (χ4v) is 1.77. The minimum atomic E-state index is -0.305. The van der Waals surface area contributed by atoms with Crippen molar-refractivity contribution in [3.8, 4) is 16.9 Å². The number of nitrogens with one attached hydrogen (secondary N) is 1. The van der Waals surface area contributed by atoms with Gasteiger partial charge in [0.1, 0.15) is 11.6 Å². The molecule has 2 rings (SSSR count). The lowest BCUT2D eigenvalue weighted by Gasteiger charge is -2.08. The molecule has 90 valence electrons. The van der Waals surface area contributed by atoms with E-state index in [1.165, 1.54) is 12.1 Å². The molecule has 17 heavy (non-hydrogen) atoms. The molecule has 0 spiro atoms. The Morgan fingerprint density at radius 1 is 1.41 bits per heavy atom. The minimum Gasteiger partial charge on any atom is -0.496 e. The summed E-state index contributed by atoms with van der Waals surface area (Å²) in [5, 5.41) is 6.83. The van der Waals surface area contributed by atoms with Gasteiger partial charge in [0.25, 0.3) is 0 Å². The van der Waals surface area contributed by atoms with Crippen molar-refractivity contribution < 1.29 is 9.13 Å². The van der Waals surface area contributed by atoms with Crippen LogP contribution in [0.3, 0.4) is 0 Å². The quantitative estimate of drug-likeness (QED) is 0.848. The van der Waals surface area contributed by atoms with Crippen molar-refractivity contribution in [2.75, 3.05) is 13.7 Å². The zero-order valence-corrected chi connectivity index (χ0v) is 9.53. The van der Waals surface area contributed by atoms with Gasteiger partial charge in [-0.3, -0.25) is 5.10 Å². The Morgan fingerprint density at radius 2 is 2.24 bits per heavy atom. The monoisotopic (exact) mass is 235 g/mol. The van der Waals surface area contributed by atoms with Crippen LogP contribution in [-0.2, 0) is 6.42 Å². The van der Waals surface area contributed by atoms with Crippen LogP contribution in [0.4, 0.5) is 4.39 Å². The highest BCUT2D eigenvalue weighted by molar-refractivity contribution is 5.71. The number of halogens is 1. The van der Waals surface area contributed by atoms with E-state index in [0.717, 1.165) is 11.3 Å². The Bertz CT molecular complexity index is 510. The molecule has 0 amide bonds. The summed E-state index contributed by atoms with van der Waals surface area (Å²) >= 11 is 0. The van der Waals surface area contributed by atoms with Gasteiger partial charge in [-0.05, 0) is 24.7 Å². The third kappa shape index (κ3) is 2.29. The molecule has 1 heterocycles. The van der Waals surface area contributed by atoms with Gasteiger partial charge in [-0.15, -0.1) is 0 Å². The number of aromatic amines is 1. The maximum atomic E-state index is 13.3. The number of ether oxygens (including phenoxy) is 1. The van der Waals surface area contributed by atoms with Crippen molar-refractivity contribution >= 4 is 0 Å². The number of nitrogens with two attached hydrogens (primary N) is 1. The Labute approximate surface area is 98.6 Å². The standard InChI is InChI=1S/C12H14FN3O/c1-17-12-3-2-8(13)6-9(12)10-7-15-16-11(10)4-5-14/h2-3,6-7H,4-5,14H2,1H3,(H,15,16). The molecule has 0 aliphatic rings. The first kappa shape index (κ1) is 11.6. The lowest BCUT2D eigenvalue weighted by Crippen LogP contribution is -2.04. The zero-order valence-electron chi connectivity index (χ0n) is 9.53. The summed E-state index contributed by atoms with van der Waals surface area (Å²) in [7, 11) is 1.55. The van der Waals surface area contributed by atoms with Crippen molar-refractivity contribution in [2.45, 2.75) is 6.42 Å². The first-order valence-corrected chi connectivity index (χ1v) is 5.32. The van der Waals surface area contributed by atoms with Crippen molar-refractivity contribution in [3.05, 3.63) is 35.9 Å². The largest absolute Gasteiger partial charge is 0.496 e. The topological polar surface area (TPSA) is 63.9 Å². The molecule has 5 heteroatoms. The molecule has 0 unspecified atom stereocenters. The molecule has 0 atom stereocenters. The molecule has 4 nitrogen and oxygen atoms in total. The Balaban J connectivity index is 2.51. The van der Waals surface area contributed by atoms with Crippen LogP contribution in [0.25, 0.3) is 11.1 Å². The van der Waals surface area contributed by atoms with Crippen LogP contribution in [0.5, 0.6) is 5.75 Å². The number of hydrogen-bond donors (Lipinski definition) is 2. The highest BCUT2D eigenvalue weighted by atomic mass is 19.1. The van der Waals surface area contributed by atoms with E-state index in [0.29, 0.717) is 24.3 Å². The van der Waals surface area contributed by atoms with Gasteiger partial charge in [0, 0.05) is 23.2 Å². The summed E-state index contributed by atoms with van der Waals surface area (Å²) in [5.41, 5.74) is 7.91. The molecule has 2 aromatic rings. The smallest absolute Gasteiger partial charge is 0.127 e. The van der Waals surface area contributed by atoms with E-state index in [2.05, 4.69) is 10.2 Å². The molecule has 1 aromatic carbocycles. The normalized spacial score (nSPS) is 10.5. The van der Waals surface area contributed by atoms with Gasteiger partial charge in [-0.25, -0.2) is 4.39 Å². The molecule has 0 saturated heterocycles. The molecular formula is C12H14FN3O. The second-order valence-corrected chi connectivity index (χ2v) is 3.65. The van der Waals surface area contributed by atoms with Gasteiger partial charge in [0.05, 0.1) is 13.3 Å². The first-order valence-electron chi connectivity index (χ1n) is 5.32.